The van der Waals surface area contributed by atoms with Crippen LogP contribution in [0.2, 0.25) is 10.0 Å². The van der Waals surface area contributed by atoms with Crippen LogP contribution in [-0.2, 0) is 9.53 Å². The predicted molar refractivity (Wildman–Crippen MR) is 109 cm³/mol. The van der Waals surface area contributed by atoms with Crippen molar-refractivity contribution in [3.8, 4) is 11.5 Å². The summed E-state index contributed by atoms with van der Waals surface area (Å²) in [6.45, 7) is 2.73. The number of carbonyl (C=O) groups excluding carboxylic acids is 1. The van der Waals surface area contributed by atoms with Gasteiger partial charge in [-0.2, -0.15) is 0 Å². The lowest BCUT2D eigenvalue weighted by atomic mass is 10.1. The number of hydrogen-bond acceptors (Lipinski definition) is 7. The van der Waals surface area contributed by atoms with Gasteiger partial charge >= 0.3 is 5.97 Å². The first-order valence-corrected chi connectivity index (χ1v) is 9.53. The van der Waals surface area contributed by atoms with Crippen LogP contribution in [0.3, 0.4) is 0 Å². The fourth-order valence-corrected chi connectivity index (χ4v) is 3.23. The van der Waals surface area contributed by atoms with Gasteiger partial charge in [-0.15, -0.1) is 5.10 Å². The van der Waals surface area contributed by atoms with Gasteiger partial charge < -0.3 is 19.9 Å². The maximum Gasteiger partial charge on any atom is 0.359 e. The van der Waals surface area contributed by atoms with E-state index in [0.717, 1.165) is 0 Å². The molecule has 29 heavy (non-hydrogen) atoms. The Kier molecular flexibility index (Phi) is 5.21. The molecule has 0 atom stereocenters. The minimum atomic E-state index is -0.655. The Balaban J connectivity index is 1.92. The Labute approximate surface area is 175 Å². The van der Waals surface area contributed by atoms with Gasteiger partial charge in [0.1, 0.15) is 18.7 Å². The van der Waals surface area contributed by atoms with Crippen LogP contribution in [0, 0.1) is 0 Å². The van der Waals surface area contributed by atoms with E-state index in [4.69, 9.17) is 43.1 Å². The van der Waals surface area contributed by atoms with Crippen LogP contribution in [0.25, 0.3) is 22.4 Å². The molecule has 1 aliphatic heterocycles. The first-order valence-electron chi connectivity index (χ1n) is 8.77. The SMILES string of the molecule is CCOC(=O)/C(=C(\N)c1ccc(Cl)c(Cl)c1)n1nnc2cc3c(cc21)OCCO3. The lowest BCUT2D eigenvalue weighted by Gasteiger charge is -2.18. The molecule has 1 aromatic heterocycles. The van der Waals surface area contributed by atoms with E-state index in [9.17, 15) is 4.79 Å². The highest BCUT2D eigenvalue weighted by Gasteiger charge is 2.24. The Hall–Kier alpha value is -2.97. The molecule has 0 fully saturated rings. The highest BCUT2D eigenvalue weighted by atomic mass is 35.5. The van der Waals surface area contributed by atoms with Crippen LogP contribution < -0.4 is 15.2 Å². The van der Waals surface area contributed by atoms with E-state index < -0.39 is 5.97 Å². The highest BCUT2D eigenvalue weighted by molar-refractivity contribution is 6.42. The fraction of sp³-hybridized carbons (Fsp3) is 0.211. The largest absolute Gasteiger partial charge is 0.486 e. The van der Waals surface area contributed by atoms with Crippen molar-refractivity contribution in [2.75, 3.05) is 19.8 Å². The minimum Gasteiger partial charge on any atom is -0.486 e. The molecule has 0 bridgehead atoms. The summed E-state index contributed by atoms with van der Waals surface area (Å²) in [5.74, 6) is 0.441. The number of nitrogens with two attached hydrogens (primary N) is 1. The van der Waals surface area contributed by atoms with E-state index in [0.29, 0.717) is 51.4 Å². The molecule has 2 N–H and O–H groups in total. The average Bonchev–Trinajstić information content (AvgIpc) is 3.11. The summed E-state index contributed by atoms with van der Waals surface area (Å²) < 4.78 is 17.7. The number of carbonyl (C=O) groups is 1. The molecular weight excluding hydrogens is 419 g/mol. The Bertz CT molecular complexity index is 1140. The molecule has 150 valence electrons. The second-order valence-corrected chi connectivity index (χ2v) is 6.91. The van der Waals surface area contributed by atoms with Crippen LogP contribution in [0.4, 0.5) is 0 Å². The molecule has 0 amide bonds. The monoisotopic (exact) mass is 434 g/mol. The normalized spacial score (nSPS) is 13.9. The highest BCUT2D eigenvalue weighted by Crippen LogP contribution is 2.35. The first kappa shape index (κ1) is 19.4. The van der Waals surface area contributed by atoms with Crippen LogP contribution in [-0.4, -0.2) is 40.8 Å². The van der Waals surface area contributed by atoms with Gasteiger partial charge in [0, 0.05) is 17.7 Å². The van der Waals surface area contributed by atoms with E-state index in [1.165, 1.54) is 4.68 Å². The van der Waals surface area contributed by atoms with Crippen LogP contribution in [0.5, 0.6) is 11.5 Å². The third-order valence-electron chi connectivity index (χ3n) is 4.28. The zero-order valence-electron chi connectivity index (χ0n) is 15.3. The molecule has 0 saturated carbocycles. The maximum atomic E-state index is 12.8. The van der Waals surface area contributed by atoms with Crippen LogP contribution >= 0.6 is 23.2 Å². The molecule has 4 rings (SSSR count). The molecule has 2 heterocycles. The van der Waals surface area contributed by atoms with Gasteiger partial charge in [-0.1, -0.05) is 34.5 Å². The summed E-state index contributed by atoms with van der Waals surface area (Å²) in [6.07, 6.45) is 0. The smallest absolute Gasteiger partial charge is 0.359 e. The summed E-state index contributed by atoms with van der Waals surface area (Å²) >= 11 is 12.1. The molecule has 0 spiro atoms. The van der Waals surface area contributed by atoms with E-state index in [2.05, 4.69) is 10.3 Å². The molecule has 2 aromatic carbocycles. The zero-order chi connectivity index (χ0) is 20.5. The number of nitrogens with zero attached hydrogens (tertiary/aromatic N) is 3. The Morgan fingerprint density at radius 3 is 2.59 bits per heavy atom. The maximum absolute atomic E-state index is 12.8. The van der Waals surface area contributed by atoms with Crippen molar-refractivity contribution in [3.63, 3.8) is 0 Å². The number of benzene rings is 2. The summed E-state index contributed by atoms with van der Waals surface area (Å²) in [5.41, 5.74) is 7.98. The molecule has 0 radical (unpaired) electrons. The molecule has 0 saturated heterocycles. The molecule has 3 aromatic rings. The van der Waals surface area contributed by atoms with E-state index >= 15 is 0 Å². The summed E-state index contributed by atoms with van der Waals surface area (Å²) in [6, 6.07) is 8.21. The van der Waals surface area contributed by atoms with E-state index in [1.807, 2.05) is 0 Å². The van der Waals surface area contributed by atoms with Gasteiger partial charge in [-0.05, 0) is 19.1 Å². The lowest BCUT2D eigenvalue weighted by Crippen LogP contribution is -2.19. The summed E-state index contributed by atoms with van der Waals surface area (Å²) in [7, 11) is 0. The standard InChI is InChI=1S/C19H16Cl2N4O4/c1-2-27-19(26)18(17(22)10-3-4-11(20)12(21)7-10)25-14-9-16-15(28-5-6-29-16)8-13(14)23-24-25/h3-4,7-9H,2,5-6,22H2,1H3/b18-17+. The second-order valence-electron chi connectivity index (χ2n) is 6.10. The second kappa shape index (κ2) is 7.81. The van der Waals surface area contributed by atoms with Gasteiger partial charge in [0.2, 0.25) is 0 Å². The van der Waals surface area contributed by atoms with Crippen molar-refractivity contribution in [2.24, 2.45) is 5.73 Å². The third kappa shape index (κ3) is 3.56. The van der Waals surface area contributed by atoms with Gasteiger partial charge in [0.15, 0.2) is 17.2 Å². The number of aromatic nitrogens is 3. The van der Waals surface area contributed by atoms with Crippen molar-refractivity contribution in [3.05, 3.63) is 45.9 Å². The number of rotatable bonds is 4. The topological polar surface area (TPSA) is 101 Å². The Morgan fingerprint density at radius 1 is 1.17 bits per heavy atom. The number of ether oxygens (including phenoxy) is 3. The summed E-state index contributed by atoms with van der Waals surface area (Å²) in [5, 5.41) is 8.92. The van der Waals surface area contributed by atoms with E-state index in [1.54, 1.807) is 37.3 Å². The van der Waals surface area contributed by atoms with Crippen molar-refractivity contribution < 1.29 is 19.0 Å². The molecule has 0 unspecified atom stereocenters. The fourth-order valence-electron chi connectivity index (χ4n) is 2.93. The van der Waals surface area contributed by atoms with Crippen molar-refractivity contribution in [1.82, 2.24) is 15.0 Å². The van der Waals surface area contributed by atoms with E-state index in [-0.39, 0.29) is 18.0 Å². The molecule has 8 nitrogen and oxygen atoms in total. The summed E-state index contributed by atoms with van der Waals surface area (Å²) in [4.78, 5) is 12.8. The van der Waals surface area contributed by atoms with Crippen molar-refractivity contribution >= 4 is 51.6 Å². The molecule has 1 aliphatic rings. The first-order chi connectivity index (χ1) is 14.0. The van der Waals surface area contributed by atoms with Crippen LogP contribution in [0.1, 0.15) is 12.5 Å². The molecular formula is C19H16Cl2N4O4. The number of halogens is 2. The van der Waals surface area contributed by atoms with Gasteiger partial charge in [0.05, 0.1) is 27.9 Å². The van der Waals surface area contributed by atoms with Gasteiger partial charge in [-0.25, -0.2) is 9.48 Å². The van der Waals surface area contributed by atoms with Gasteiger partial charge in [0.25, 0.3) is 0 Å². The lowest BCUT2D eigenvalue weighted by molar-refractivity contribution is -0.136. The number of fused-ring (bicyclic) bond motifs is 2. The quantitative estimate of drug-likeness (QED) is 0.495. The third-order valence-corrected chi connectivity index (χ3v) is 5.01. The van der Waals surface area contributed by atoms with Crippen molar-refractivity contribution in [1.29, 1.82) is 0 Å². The Morgan fingerprint density at radius 2 is 1.90 bits per heavy atom. The molecule has 0 aliphatic carbocycles. The van der Waals surface area contributed by atoms with Crippen molar-refractivity contribution in [2.45, 2.75) is 6.92 Å². The molecule has 10 heteroatoms. The van der Waals surface area contributed by atoms with Crippen LogP contribution in [0.15, 0.2) is 30.3 Å². The average molecular weight is 435 g/mol. The number of hydrogen-bond donors (Lipinski definition) is 1. The number of esters is 1. The predicted octanol–water partition coefficient (Wildman–Crippen LogP) is 3.36. The zero-order valence-corrected chi connectivity index (χ0v) is 16.8. The van der Waals surface area contributed by atoms with Gasteiger partial charge in [-0.3, -0.25) is 0 Å². The minimum absolute atomic E-state index is 0.00409.